The lowest BCUT2D eigenvalue weighted by molar-refractivity contribution is -0.117. The Hall–Kier alpha value is -1.57. The van der Waals surface area contributed by atoms with Gasteiger partial charge in [-0.1, -0.05) is 18.9 Å². The zero-order valence-electron chi connectivity index (χ0n) is 13.2. The minimum absolute atomic E-state index is 0.0710. The predicted octanol–water partition coefficient (Wildman–Crippen LogP) is 2.83. The van der Waals surface area contributed by atoms with Gasteiger partial charge in [-0.3, -0.25) is 9.69 Å². The van der Waals surface area contributed by atoms with Crippen LogP contribution in [0.25, 0.3) is 0 Å². The van der Waals surface area contributed by atoms with Crippen LogP contribution in [-0.4, -0.2) is 42.2 Å². The second kappa shape index (κ2) is 7.33. The maximum Gasteiger partial charge on any atom is 0.238 e. The molecule has 2 atom stereocenters. The lowest BCUT2D eigenvalue weighted by Crippen LogP contribution is -2.38. The van der Waals surface area contributed by atoms with Crippen LogP contribution in [0.4, 0.5) is 17.1 Å². The number of anilines is 1. The monoisotopic (exact) mass is 334 g/mol. The summed E-state index contributed by atoms with van der Waals surface area (Å²) in [7, 11) is 1.92. The molecule has 1 amide bonds. The third-order valence-electron chi connectivity index (χ3n) is 4.39. The third-order valence-corrected chi connectivity index (χ3v) is 4.93. The predicted molar refractivity (Wildman–Crippen MR) is 92.1 cm³/mol. The Labute approximate surface area is 139 Å². The van der Waals surface area contributed by atoms with Gasteiger partial charge in [0.05, 0.1) is 29.7 Å². The van der Waals surface area contributed by atoms with Crippen LogP contribution in [0.2, 0.25) is 0 Å². The Morgan fingerprint density at radius 1 is 1.39 bits per heavy atom. The highest BCUT2D eigenvalue weighted by Crippen LogP contribution is 2.38. The van der Waals surface area contributed by atoms with Gasteiger partial charge in [-0.25, -0.2) is 0 Å². The molecule has 7 heteroatoms. The van der Waals surface area contributed by atoms with Gasteiger partial charge in [0.2, 0.25) is 5.91 Å². The van der Waals surface area contributed by atoms with Crippen LogP contribution in [0.5, 0.6) is 0 Å². The highest BCUT2D eigenvalue weighted by atomic mass is 32.1. The smallest absolute Gasteiger partial charge is 0.238 e. The van der Waals surface area contributed by atoms with Crippen molar-refractivity contribution in [2.75, 3.05) is 25.5 Å². The maximum atomic E-state index is 12.3. The molecule has 0 saturated heterocycles. The van der Waals surface area contributed by atoms with Crippen LogP contribution >= 0.6 is 0 Å². The fraction of sp³-hybridized carbons (Fsp3) is 0.562. The number of hydrogen-bond donors (Lipinski definition) is 2. The summed E-state index contributed by atoms with van der Waals surface area (Å²) in [6, 6.07) is 5.58. The number of aliphatic hydroxyl groups is 1. The molecule has 1 heterocycles. The van der Waals surface area contributed by atoms with Crippen LogP contribution in [0, 0.1) is 5.92 Å². The largest absolute Gasteiger partial charge is 0.393 e. The summed E-state index contributed by atoms with van der Waals surface area (Å²) in [6.45, 7) is 1.05. The Bertz CT molecular complexity index is 657. The Morgan fingerprint density at radius 2 is 2.22 bits per heavy atom. The lowest BCUT2D eigenvalue weighted by atomic mass is 9.86. The van der Waals surface area contributed by atoms with E-state index < -0.39 is 0 Å². The van der Waals surface area contributed by atoms with E-state index in [4.69, 9.17) is 0 Å². The van der Waals surface area contributed by atoms with Crippen molar-refractivity contribution in [3.63, 3.8) is 0 Å². The molecule has 2 aliphatic rings. The second-order valence-corrected chi connectivity index (χ2v) is 6.82. The van der Waals surface area contributed by atoms with Gasteiger partial charge in [-0.05, 0) is 37.9 Å². The molecular weight excluding hydrogens is 312 g/mol. The number of nitrogens with one attached hydrogen (secondary N) is 1. The molecule has 124 valence electrons. The van der Waals surface area contributed by atoms with E-state index in [1.165, 1.54) is 6.42 Å². The number of benzene rings is 1. The molecule has 3 rings (SSSR count). The lowest BCUT2D eigenvalue weighted by Gasteiger charge is -2.30. The van der Waals surface area contributed by atoms with Gasteiger partial charge in [0, 0.05) is 6.54 Å². The van der Waals surface area contributed by atoms with E-state index in [1.807, 2.05) is 30.1 Å². The normalized spacial score (nSPS) is 22.7. The first-order valence-corrected chi connectivity index (χ1v) is 8.74. The number of amides is 1. The zero-order valence-corrected chi connectivity index (χ0v) is 14.1. The quantitative estimate of drug-likeness (QED) is 0.882. The maximum absolute atomic E-state index is 12.3. The van der Waals surface area contributed by atoms with Gasteiger partial charge in [0.25, 0.3) is 0 Å². The van der Waals surface area contributed by atoms with Gasteiger partial charge >= 0.3 is 0 Å². The standard InChI is InChI=1S/C16H22N4O2S/c1-20(9-11-5-2-3-8-14(11)21)10-15(22)17-12-6-4-7-13-16(12)19-23-18-13/h4,6-7,11,14,21H,2-3,5,8-10H2,1H3,(H,17,22). The van der Waals surface area contributed by atoms with E-state index in [1.54, 1.807) is 0 Å². The Balaban J connectivity index is 1.53. The molecule has 0 bridgehead atoms. The van der Waals surface area contributed by atoms with Gasteiger partial charge in [0.15, 0.2) is 0 Å². The van der Waals surface area contributed by atoms with E-state index in [9.17, 15) is 9.90 Å². The summed E-state index contributed by atoms with van der Waals surface area (Å²) in [5.41, 5.74) is 2.23. The molecule has 1 fully saturated rings. The molecule has 0 aromatic heterocycles. The fourth-order valence-electron chi connectivity index (χ4n) is 3.21. The molecule has 6 nitrogen and oxygen atoms in total. The van der Waals surface area contributed by atoms with Crippen molar-refractivity contribution in [3.05, 3.63) is 18.2 Å². The molecule has 0 radical (unpaired) electrons. The highest BCUT2D eigenvalue weighted by molar-refractivity contribution is 7.58. The Morgan fingerprint density at radius 3 is 3.04 bits per heavy atom. The zero-order chi connectivity index (χ0) is 16.2. The van der Waals surface area contributed by atoms with Crippen LogP contribution in [0.1, 0.15) is 25.7 Å². The van der Waals surface area contributed by atoms with Crippen molar-refractivity contribution >= 4 is 34.3 Å². The summed E-state index contributed by atoms with van der Waals surface area (Å²) in [4.78, 5) is 14.2. The number of fused-ring (bicyclic) bond motifs is 1. The SMILES string of the molecule is CN(CC(=O)Nc1cccc2c1N=S=N2)CC1CCCCC1O. The number of carbonyl (C=O) groups is 1. The average Bonchev–Trinajstić information content (AvgIpc) is 2.99. The second-order valence-electron chi connectivity index (χ2n) is 6.29. The number of rotatable bonds is 5. The number of hydrogen-bond acceptors (Lipinski definition) is 5. The molecule has 1 aromatic rings. The number of nitrogens with zero attached hydrogens (tertiary/aromatic N) is 3. The Kier molecular flexibility index (Phi) is 5.20. The highest BCUT2D eigenvalue weighted by Gasteiger charge is 2.24. The molecule has 1 aliphatic heterocycles. The van der Waals surface area contributed by atoms with Crippen molar-refractivity contribution in [2.24, 2.45) is 14.6 Å². The van der Waals surface area contributed by atoms with Crippen LogP contribution < -0.4 is 5.32 Å². The van der Waals surface area contributed by atoms with Gasteiger partial charge in [0.1, 0.15) is 11.4 Å². The van der Waals surface area contributed by atoms with Crippen LogP contribution in [0.3, 0.4) is 0 Å². The summed E-state index contributed by atoms with van der Waals surface area (Å²) >= 11 is 1.14. The third kappa shape index (κ3) is 4.04. The molecule has 2 unspecified atom stereocenters. The van der Waals surface area contributed by atoms with E-state index in [2.05, 4.69) is 14.0 Å². The topological polar surface area (TPSA) is 77.3 Å². The fourth-order valence-corrected chi connectivity index (χ4v) is 3.76. The van der Waals surface area contributed by atoms with Crippen LogP contribution in [-0.2, 0) is 16.1 Å². The number of aliphatic hydroxyl groups excluding tert-OH is 1. The van der Waals surface area contributed by atoms with Crippen molar-refractivity contribution in [2.45, 2.75) is 31.8 Å². The molecular formula is C16H22N4O2S. The van der Waals surface area contributed by atoms with Crippen molar-refractivity contribution in [1.82, 2.24) is 4.90 Å². The minimum atomic E-state index is -0.232. The number of carbonyl (C=O) groups excluding carboxylic acids is 1. The molecule has 1 aromatic carbocycles. The average molecular weight is 334 g/mol. The van der Waals surface area contributed by atoms with E-state index in [0.717, 1.165) is 48.5 Å². The summed E-state index contributed by atoms with van der Waals surface area (Å²) in [5.74, 6) is 0.200. The van der Waals surface area contributed by atoms with Crippen molar-refractivity contribution in [1.29, 1.82) is 0 Å². The molecule has 23 heavy (non-hydrogen) atoms. The van der Waals surface area contributed by atoms with E-state index in [0.29, 0.717) is 12.2 Å². The molecule has 1 aliphatic carbocycles. The van der Waals surface area contributed by atoms with Gasteiger partial charge in [-0.2, -0.15) is 8.73 Å². The van der Waals surface area contributed by atoms with Crippen molar-refractivity contribution < 1.29 is 9.90 Å². The first-order chi connectivity index (χ1) is 11.1. The van der Waals surface area contributed by atoms with Crippen molar-refractivity contribution in [3.8, 4) is 0 Å². The first-order valence-electron chi connectivity index (χ1n) is 8.01. The van der Waals surface area contributed by atoms with E-state index in [-0.39, 0.29) is 17.9 Å². The molecule has 2 N–H and O–H groups in total. The first kappa shape index (κ1) is 16.3. The van der Waals surface area contributed by atoms with Gasteiger partial charge < -0.3 is 10.4 Å². The summed E-state index contributed by atoms with van der Waals surface area (Å²) < 4.78 is 8.40. The summed E-state index contributed by atoms with van der Waals surface area (Å²) in [6.07, 6.45) is 3.96. The minimum Gasteiger partial charge on any atom is -0.393 e. The van der Waals surface area contributed by atoms with Crippen LogP contribution in [0.15, 0.2) is 26.9 Å². The molecule has 1 saturated carbocycles. The van der Waals surface area contributed by atoms with Gasteiger partial charge in [-0.15, -0.1) is 0 Å². The number of likely N-dealkylation sites (N-methyl/N-ethyl adjacent to an activating group) is 1. The van der Waals surface area contributed by atoms with E-state index >= 15 is 0 Å². The summed E-state index contributed by atoms with van der Waals surface area (Å²) in [5, 5.41) is 13.0. The molecule has 0 spiro atoms.